The molecule has 2 heterocycles. The molecule has 8 heteroatoms. The van der Waals surface area contributed by atoms with E-state index in [1.165, 1.54) is 25.3 Å². The maximum atomic E-state index is 12.4. The molecule has 0 bridgehead atoms. The van der Waals surface area contributed by atoms with E-state index in [9.17, 15) is 14.7 Å². The van der Waals surface area contributed by atoms with Gasteiger partial charge < -0.3 is 30.4 Å². The number of piperidine rings is 1. The van der Waals surface area contributed by atoms with Crippen molar-refractivity contribution < 1.29 is 14.6 Å². The second kappa shape index (κ2) is 14.1. The fraction of sp³-hybridized carbons (Fsp3) is 0.333. The highest BCUT2D eigenvalue weighted by molar-refractivity contribution is 5.90. The predicted molar refractivity (Wildman–Crippen MR) is 162 cm³/mol. The maximum Gasteiger partial charge on any atom is 0.248 e. The molecule has 1 unspecified atom stereocenters. The fourth-order valence-corrected chi connectivity index (χ4v) is 5.23. The molecule has 0 radical (unpaired) electrons. The number of anilines is 1. The zero-order valence-electron chi connectivity index (χ0n) is 23.3. The van der Waals surface area contributed by atoms with E-state index in [0.717, 1.165) is 41.8 Å². The fourth-order valence-electron chi connectivity index (χ4n) is 5.23. The molecule has 0 aliphatic carbocycles. The first-order valence-electron chi connectivity index (χ1n) is 14.4. The predicted octanol–water partition coefficient (Wildman–Crippen LogP) is 4.74. The molecule has 1 aliphatic heterocycles. The number of rotatable bonds is 12. The maximum absolute atomic E-state index is 12.4. The summed E-state index contributed by atoms with van der Waals surface area (Å²) in [6.45, 7) is 4.25. The van der Waals surface area contributed by atoms with Gasteiger partial charge in [-0.2, -0.15) is 0 Å². The van der Waals surface area contributed by atoms with Crippen LogP contribution in [0, 0.1) is 0 Å². The average molecular weight is 555 g/mol. The van der Waals surface area contributed by atoms with Crippen LogP contribution in [0.4, 0.5) is 5.69 Å². The van der Waals surface area contributed by atoms with Gasteiger partial charge >= 0.3 is 0 Å². The molecule has 1 amide bonds. The third-order valence-corrected chi connectivity index (χ3v) is 7.50. The van der Waals surface area contributed by atoms with Crippen LogP contribution in [0.15, 0.2) is 83.7 Å². The molecule has 1 aromatic heterocycles. The number of nitrogens with zero attached hydrogens (tertiary/aromatic N) is 1. The highest BCUT2D eigenvalue weighted by atomic mass is 16.5. The standard InChI is InChI=1S/C33H38N4O4/c38-29(22-34-21-24-9-11-26(12-10-24)35-32(40)17-20-37-18-5-2-6-19-37)27-13-15-30(33-28(27)14-16-31(39)36-33)41-23-25-7-3-1-4-8-25/h1,3-4,7-16,29,34,38H,2,5-6,17-23H2,(H,35,40)(H,36,39). The molecule has 0 saturated carbocycles. The molecule has 41 heavy (non-hydrogen) atoms. The summed E-state index contributed by atoms with van der Waals surface area (Å²) < 4.78 is 6.01. The van der Waals surface area contributed by atoms with Gasteiger partial charge in [-0.3, -0.25) is 9.59 Å². The number of pyridine rings is 1. The van der Waals surface area contributed by atoms with Crippen molar-refractivity contribution in [2.45, 2.75) is 44.9 Å². The number of amides is 1. The Labute approximate surface area is 240 Å². The smallest absolute Gasteiger partial charge is 0.248 e. The van der Waals surface area contributed by atoms with Gasteiger partial charge in [0.25, 0.3) is 0 Å². The van der Waals surface area contributed by atoms with Crippen molar-refractivity contribution in [3.05, 3.63) is 106 Å². The Bertz CT molecular complexity index is 1480. The van der Waals surface area contributed by atoms with Gasteiger partial charge in [-0.15, -0.1) is 0 Å². The van der Waals surface area contributed by atoms with Crippen LogP contribution >= 0.6 is 0 Å². The van der Waals surface area contributed by atoms with E-state index in [-0.39, 0.29) is 11.5 Å². The first kappa shape index (κ1) is 28.5. The van der Waals surface area contributed by atoms with Crippen LogP contribution in [0.2, 0.25) is 0 Å². The van der Waals surface area contributed by atoms with E-state index in [0.29, 0.717) is 42.9 Å². The molecule has 1 fully saturated rings. The number of aliphatic hydroxyl groups excluding tert-OH is 1. The number of nitrogens with one attached hydrogen (secondary N) is 3. The number of hydrogen-bond donors (Lipinski definition) is 4. The summed E-state index contributed by atoms with van der Waals surface area (Å²) in [6, 6.07) is 24.4. The SMILES string of the molecule is O=C(CCN1CCCCC1)Nc1ccc(CNCC(O)c2ccc(OCc3ccccc3)c3[nH]c(=O)ccc23)cc1. The molecule has 1 saturated heterocycles. The topological polar surface area (TPSA) is 107 Å². The third-order valence-electron chi connectivity index (χ3n) is 7.50. The molecule has 214 valence electrons. The number of likely N-dealkylation sites (tertiary alicyclic amines) is 1. The first-order valence-corrected chi connectivity index (χ1v) is 14.4. The van der Waals surface area contributed by atoms with Crippen molar-refractivity contribution in [1.82, 2.24) is 15.2 Å². The number of aromatic nitrogens is 1. The number of ether oxygens (including phenoxy) is 1. The Kier molecular flexibility index (Phi) is 9.80. The first-order chi connectivity index (χ1) is 20.0. The number of aliphatic hydroxyl groups is 1. The zero-order chi connectivity index (χ0) is 28.4. The highest BCUT2D eigenvalue weighted by Crippen LogP contribution is 2.30. The van der Waals surface area contributed by atoms with E-state index in [2.05, 4.69) is 20.5 Å². The zero-order valence-corrected chi connectivity index (χ0v) is 23.3. The van der Waals surface area contributed by atoms with Crippen molar-refractivity contribution in [3.8, 4) is 5.75 Å². The Balaban J connectivity index is 1.13. The molecule has 3 aromatic carbocycles. The summed E-state index contributed by atoms with van der Waals surface area (Å²) in [5, 5.41) is 18.0. The van der Waals surface area contributed by atoms with Crippen LogP contribution in [-0.2, 0) is 17.9 Å². The Morgan fingerprint density at radius 3 is 2.49 bits per heavy atom. The molecule has 5 rings (SSSR count). The number of benzene rings is 3. The monoisotopic (exact) mass is 554 g/mol. The molecule has 1 aliphatic rings. The molecule has 0 spiro atoms. The Hall–Kier alpha value is -3.98. The van der Waals surface area contributed by atoms with Crippen LogP contribution in [0.5, 0.6) is 5.75 Å². The minimum Gasteiger partial charge on any atom is -0.487 e. The molecular weight excluding hydrogens is 516 g/mol. The van der Waals surface area contributed by atoms with Crippen molar-refractivity contribution in [2.75, 3.05) is 31.5 Å². The van der Waals surface area contributed by atoms with Crippen LogP contribution in [-0.4, -0.2) is 47.1 Å². The molecule has 1 atom stereocenters. The Morgan fingerprint density at radius 1 is 0.927 bits per heavy atom. The lowest BCUT2D eigenvalue weighted by molar-refractivity contribution is -0.116. The largest absolute Gasteiger partial charge is 0.487 e. The van der Waals surface area contributed by atoms with Gasteiger partial charge in [-0.1, -0.05) is 55.0 Å². The van der Waals surface area contributed by atoms with E-state index in [1.54, 1.807) is 12.1 Å². The Morgan fingerprint density at radius 2 is 1.71 bits per heavy atom. The van der Waals surface area contributed by atoms with E-state index >= 15 is 0 Å². The summed E-state index contributed by atoms with van der Waals surface area (Å²) >= 11 is 0. The van der Waals surface area contributed by atoms with Gasteiger partial charge in [-0.25, -0.2) is 0 Å². The van der Waals surface area contributed by atoms with E-state index in [1.807, 2.05) is 60.7 Å². The summed E-state index contributed by atoms with van der Waals surface area (Å²) in [5.41, 5.74) is 3.90. The van der Waals surface area contributed by atoms with Gasteiger partial charge in [-0.05, 0) is 66.9 Å². The average Bonchev–Trinajstić information content (AvgIpc) is 3.00. The third kappa shape index (κ3) is 8.04. The number of carbonyl (C=O) groups is 1. The van der Waals surface area contributed by atoms with Gasteiger partial charge in [0.05, 0.1) is 11.6 Å². The van der Waals surface area contributed by atoms with Crippen molar-refractivity contribution >= 4 is 22.5 Å². The molecular formula is C33H38N4O4. The van der Waals surface area contributed by atoms with Crippen LogP contribution in [0.3, 0.4) is 0 Å². The summed E-state index contributed by atoms with van der Waals surface area (Å²) in [7, 11) is 0. The second-order valence-corrected chi connectivity index (χ2v) is 10.6. The normalized spacial score (nSPS) is 14.6. The molecule has 8 nitrogen and oxygen atoms in total. The van der Waals surface area contributed by atoms with Crippen molar-refractivity contribution in [1.29, 1.82) is 0 Å². The van der Waals surface area contributed by atoms with Crippen LogP contribution < -0.4 is 20.9 Å². The second-order valence-electron chi connectivity index (χ2n) is 10.6. The number of aromatic amines is 1. The minimum atomic E-state index is -0.787. The number of hydrogen-bond acceptors (Lipinski definition) is 6. The van der Waals surface area contributed by atoms with Gasteiger partial charge in [0.15, 0.2) is 0 Å². The molecule has 4 N–H and O–H groups in total. The van der Waals surface area contributed by atoms with Crippen molar-refractivity contribution in [2.24, 2.45) is 0 Å². The van der Waals surface area contributed by atoms with E-state index < -0.39 is 6.10 Å². The van der Waals surface area contributed by atoms with Gasteiger partial charge in [0.2, 0.25) is 11.5 Å². The highest BCUT2D eigenvalue weighted by Gasteiger charge is 2.15. The van der Waals surface area contributed by atoms with Crippen molar-refractivity contribution in [3.63, 3.8) is 0 Å². The lowest BCUT2D eigenvalue weighted by atomic mass is 10.0. The van der Waals surface area contributed by atoms with Crippen LogP contribution in [0.25, 0.3) is 10.9 Å². The number of carbonyl (C=O) groups excluding carboxylic acids is 1. The number of H-pyrrole nitrogens is 1. The summed E-state index contributed by atoms with van der Waals surface area (Å²) in [5.74, 6) is 0.596. The lowest BCUT2D eigenvalue weighted by Crippen LogP contribution is -2.32. The van der Waals surface area contributed by atoms with E-state index in [4.69, 9.17) is 4.74 Å². The quantitative estimate of drug-likeness (QED) is 0.202. The lowest BCUT2D eigenvalue weighted by Gasteiger charge is -2.25. The number of fused-ring (bicyclic) bond motifs is 1. The van der Waals surface area contributed by atoms with Gasteiger partial charge in [0, 0.05) is 43.2 Å². The summed E-state index contributed by atoms with van der Waals surface area (Å²) in [6.07, 6.45) is 3.46. The van der Waals surface area contributed by atoms with Crippen LogP contribution in [0.1, 0.15) is 48.5 Å². The minimum absolute atomic E-state index is 0.0367. The summed E-state index contributed by atoms with van der Waals surface area (Å²) in [4.78, 5) is 29.7. The molecule has 4 aromatic rings. The van der Waals surface area contributed by atoms with Gasteiger partial charge in [0.1, 0.15) is 12.4 Å².